The van der Waals surface area contributed by atoms with E-state index in [2.05, 4.69) is 18.2 Å². The molecule has 4 aliphatic heterocycles. The fraction of sp³-hybridized carbons (Fsp3) is 0.200. The fourth-order valence-corrected chi connectivity index (χ4v) is 7.11. The predicted molar refractivity (Wildman–Crippen MR) is 99.5 cm³/mol. The maximum absolute atomic E-state index is 6.81. The van der Waals surface area contributed by atoms with E-state index >= 15 is 0 Å². The number of hydrogen-bond donors (Lipinski definition) is 0. The van der Waals surface area contributed by atoms with Crippen LogP contribution in [0.1, 0.15) is 0 Å². The summed E-state index contributed by atoms with van der Waals surface area (Å²) in [6.07, 6.45) is 23.0. The van der Waals surface area contributed by atoms with Gasteiger partial charge in [-0.05, 0) is 58.1 Å². The number of allylic oxidation sites excluding steroid dienone is 7. The normalized spacial score (nSPS) is 21.2. The van der Waals surface area contributed by atoms with Crippen molar-refractivity contribution in [2.24, 2.45) is 0 Å². The predicted octanol–water partition coefficient (Wildman–Crippen LogP) is 3.40. The highest BCUT2D eigenvalue weighted by Gasteiger charge is 2.48. The van der Waals surface area contributed by atoms with Crippen LogP contribution in [0.3, 0.4) is 0 Å². The third-order valence-corrected chi connectivity index (χ3v) is 8.52. The van der Waals surface area contributed by atoms with Crippen LogP contribution in [0.2, 0.25) is 0 Å². The van der Waals surface area contributed by atoms with E-state index in [1.807, 2.05) is 30.4 Å². The van der Waals surface area contributed by atoms with Crippen molar-refractivity contribution in [3.63, 3.8) is 0 Å². The van der Waals surface area contributed by atoms with E-state index in [1.54, 1.807) is 25.0 Å². The molecule has 4 heterocycles. The highest BCUT2D eigenvalue weighted by molar-refractivity contribution is 6.95. The third kappa shape index (κ3) is 3.15. The molecule has 0 atom stereocenters. The van der Waals surface area contributed by atoms with Crippen molar-refractivity contribution in [2.45, 2.75) is 0 Å². The van der Waals surface area contributed by atoms with E-state index in [4.69, 9.17) is 23.4 Å². The molecule has 0 saturated heterocycles. The maximum atomic E-state index is 6.81. The summed E-state index contributed by atoms with van der Waals surface area (Å²) in [6.45, 7) is 2.10. The van der Waals surface area contributed by atoms with Crippen molar-refractivity contribution in [3.05, 3.63) is 95.0 Å². The largest absolute Gasteiger partial charge is 0.530 e. The van der Waals surface area contributed by atoms with Crippen LogP contribution in [0.5, 0.6) is 0 Å². The lowest BCUT2D eigenvalue weighted by molar-refractivity contribution is 0.271. The Morgan fingerprint density at radius 2 is 1.00 bits per heavy atom. The van der Waals surface area contributed by atoms with Crippen molar-refractivity contribution in [3.8, 4) is 0 Å². The van der Waals surface area contributed by atoms with Gasteiger partial charge in [-0.1, -0.05) is 0 Å². The lowest BCUT2D eigenvalue weighted by Gasteiger charge is -2.37. The van der Waals surface area contributed by atoms with Crippen LogP contribution in [0.25, 0.3) is 0 Å². The molecule has 6 heteroatoms. The van der Waals surface area contributed by atoms with Crippen molar-refractivity contribution in [2.75, 3.05) is 26.4 Å². The second-order valence-electron chi connectivity index (χ2n) is 5.91. The Morgan fingerprint density at radius 3 is 1.35 bits per heavy atom. The summed E-state index contributed by atoms with van der Waals surface area (Å²) in [4.78, 5) is 0. The second-order valence-corrected chi connectivity index (χ2v) is 9.21. The SMILES string of the molecule is C1=CC(O[Si](C2=CCOC=C2)(C2=CCOC=C2)C2=CCOC=C2)=CCO1. The molecule has 0 radical (unpaired) electrons. The maximum Gasteiger partial charge on any atom is 0.346 e. The Morgan fingerprint density at radius 1 is 0.577 bits per heavy atom. The standard InChI is InChI=1S/C20H20O5Si/c1-9-21-10-2-17(1)25-26(18-3-11-22-12-4-18,19-5-13-23-14-6-19)20-7-15-24-16-8-20/h1-9,11,13,15H,10,12,14,16H2. The Hall–Kier alpha value is -2.86. The molecule has 0 unspecified atom stereocenters. The Balaban J connectivity index is 1.86. The molecular weight excluding hydrogens is 348 g/mol. The van der Waals surface area contributed by atoms with Crippen LogP contribution in [-0.2, 0) is 23.4 Å². The molecule has 4 aliphatic rings. The van der Waals surface area contributed by atoms with Crippen molar-refractivity contribution in [1.29, 1.82) is 0 Å². The molecule has 0 aromatic carbocycles. The lowest BCUT2D eigenvalue weighted by atomic mass is 10.4. The van der Waals surface area contributed by atoms with Crippen LogP contribution >= 0.6 is 0 Å². The molecule has 0 aromatic rings. The van der Waals surface area contributed by atoms with E-state index in [0.717, 1.165) is 21.3 Å². The van der Waals surface area contributed by atoms with Crippen molar-refractivity contribution in [1.82, 2.24) is 0 Å². The molecule has 0 aromatic heterocycles. The van der Waals surface area contributed by atoms with E-state index < -0.39 is 8.32 Å². The zero-order valence-electron chi connectivity index (χ0n) is 14.3. The van der Waals surface area contributed by atoms with Gasteiger partial charge in [0, 0.05) is 6.08 Å². The van der Waals surface area contributed by atoms with Crippen molar-refractivity contribution >= 4 is 8.32 Å². The van der Waals surface area contributed by atoms with E-state index in [-0.39, 0.29) is 0 Å². The van der Waals surface area contributed by atoms with Crippen LogP contribution < -0.4 is 0 Å². The summed E-state index contributed by atoms with van der Waals surface area (Å²) in [7, 11) is -2.77. The minimum Gasteiger partial charge on any atom is -0.530 e. The summed E-state index contributed by atoms with van der Waals surface area (Å²) in [5, 5.41) is 3.42. The van der Waals surface area contributed by atoms with Crippen LogP contribution in [0, 0.1) is 0 Å². The zero-order valence-corrected chi connectivity index (χ0v) is 15.3. The number of hydrogen-bond acceptors (Lipinski definition) is 5. The first-order chi connectivity index (χ1) is 12.9. The van der Waals surface area contributed by atoms with Gasteiger partial charge in [0.05, 0.1) is 25.0 Å². The Labute approximate surface area is 153 Å². The Bertz CT molecular complexity index is 716. The van der Waals surface area contributed by atoms with E-state index in [0.29, 0.717) is 26.4 Å². The van der Waals surface area contributed by atoms with Gasteiger partial charge in [-0.3, -0.25) is 0 Å². The average Bonchev–Trinajstić information content (AvgIpc) is 2.75. The van der Waals surface area contributed by atoms with Gasteiger partial charge in [-0.2, -0.15) is 0 Å². The quantitative estimate of drug-likeness (QED) is 0.696. The molecule has 0 amide bonds. The topological polar surface area (TPSA) is 46.2 Å². The third-order valence-electron chi connectivity index (χ3n) is 4.43. The summed E-state index contributed by atoms with van der Waals surface area (Å²) in [6, 6.07) is 0. The first-order valence-corrected chi connectivity index (χ1v) is 10.4. The first kappa shape index (κ1) is 16.6. The molecule has 134 valence electrons. The summed E-state index contributed by atoms with van der Waals surface area (Å²) in [5.41, 5.74) is 0. The van der Waals surface area contributed by atoms with Gasteiger partial charge in [-0.15, -0.1) is 0 Å². The van der Waals surface area contributed by atoms with E-state index in [9.17, 15) is 0 Å². The van der Waals surface area contributed by atoms with Crippen LogP contribution in [0.4, 0.5) is 0 Å². The highest BCUT2D eigenvalue weighted by Crippen LogP contribution is 2.39. The Kier molecular flexibility index (Phi) is 4.83. The molecule has 26 heavy (non-hydrogen) atoms. The van der Waals surface area contributed by atoms with Crippen LogP contribution in [-0.4, -0.2) is 34.7 Å². The number of rotatable bonds is 5. The molecule has 4 rings (SSSR count). The fourth-order valence-electron chi connectivity index (χ4n) is 3.23. The van der Waals surface area contributed by atoms with Gasteiger partial charge in [0.15, 0.2) is 0 Å². The summed E-state index contributed by atoms with van der Waals surface area (Å²) < 4.78 is 28.3. The van der Waals surface area contributed by atoms with Gasteiger partial charge < -0.3 is 23.4 Å². The van der Waals surface area contributed by atoms with E-state index in [1.165, 1.54) is 0 Å². The van der Waals surface area contributed by atoms with Gasteiger partial charge in [-0.25, -0.2) is 0 Å². The minimum atomic E-state index is -2.77. The molecule has 0 aliphatic carbocycles. The second kappa shape index (κ2) is 7.57. The zero-order chi connectivity index (χ0) is 17.7. The summed E-state index contributed by atoms with van der Waals surface area (Å²) in [5.74, 6) is 0.810. The lowest BCUT2D eigenvalue weighted by Crippen LogP contribution is -2.46. The molecule has 0 N–H and O–H groups in total. The highest BCUT2D eigenvalue weighted by atomic mass is 28.4. The van der Waals surface area contributed by atoms with Gasteiger partial charge in [0.2, 0.25) is 0 Å². The number of ether oxygens (including phenoxy) is 4. The average molecular weight is 368 g/mol. The molecule has 0 fully saturated rings. The monoisotopic (exact) mass is 368 g/mol. The van der Waals surface area contributed by atoms with Gasteiger partial charge in [0.25, 0.3) is 0 Å². The van der Waals surface area contributed by atoms with Gasteiger partial charge >= 0.3 is 8.32 Å². The molecule has 0 bridgehead atoms. The first-order valence-electron chi connectivity index (χ1n) is 8.53. The molecule has 0 saturated carbocycles. The summed E-state index contributed by atoms with van der Waals surface area (Å²) >= 11 is 0. The van der Waals surface area contributed by atoms with Crippen molar-refractivity contribution < 1.29 is 23.4 Å². The van der Waals surface area contributed by atoms with Crippen LogP contribution in [0.15, 0.2) is 95.0 Å². The molecule has 5 nitrogen and oxygen atoms in total. The molecular formula is C20H20O5Si. The van der Waals surface area contributed by atoms with Gasteiger partial charge in [0.1, 0.15) is 32.2 Å². The smallest absolute Gasteiger partial charge is 0.346 e. The molecule has 0 spiro atoms. The minimum absolute atomic E-state index is 0.504.